The van der Waals surface area contributed by atoms with E-state index in [0.717, 1.165) is 22.0 Å². The number of aliphatic hydroxyl groups is 1. The van der Waals surface area contributed by atoms with Crippen molar-refractivity contribution in [3.63, 3.8) is 0 Å². The number of aryl methyl sites for hydroxylation is 1. The fourth-order valence-corrected chi connectivity index (χ4v) is 5.60. The SMILES string of the molecule is COC(=O)C[C@@H]1COc2cc(O[C@@H]3CCc4c(Oc5ccc6cnn(CCC(C)(C)O)c6c5)ccc(F)c43)ccc21. The minimum absolute atomic E-state index is 0.0600. The molecular formula is C32H33FN2O6. The second-order valence-electron chi connectivity index (χ2n) is 11.3. The first kappa shape index (κ1) is 27.1. The number of methoxy groups -OCH3 is 1. The number of hydrogen-bond acceptors (Lipinski definition) is 7. The van der Waals surface area contributed by atoms with E-state index in [9.17, 15) is 9.90 Å². The molecule has 0 unspecified atom stereocenters. The summed E-state index contributed by atoms with van der Waals surface area (Å²) >= 11 is 0. The molecule has 8 nitrogen and oxygen atoms in total. The van der Waals surface area contributed by atoms with Crippen LogP contribution in [0, 0.1) is 5.82 Å². The lowest BCUT2D eigenvalue weighted by atomic mass is 9.98. The number of aromatic nitrogens is 2. The summed E-state index contributed by atoms with van der Waals surface area (Å²) in [4.78, 5) is 11.7. The van der Waals surface area contributed by atoms with Crippen molar-refractivity contribution < 1.29 is 33.2 Å². The van der Waals surface area contributed by atoms with Crippen LogP contribution in [0.3, 0.4) is 0 Å². The molecule has 1 aliphatic heterocycles. The van der Waals surface area contributed by atoms with Gasteiger partial charge in [0.05, 0.1) is 37.5 Å². The Labute approximate surface area is 237 Å². The van der Waals surface area contributed by atoms with E-state index >= 15 is 4.39 Å². The fraction of sp³-hybridized carbons (Fsp3) is 0.375. The second kappa shape index (κ2) is 10.7. The maximum absolute atomic E-state index is 15.2. The van der Waals surface area contributed by atoms with Crippen LogP contribution in [0.25, 0.3) is 10.9 Å². The third-order valence-corrected chi connectivity index (χ3v) is 7.80. The van der Waals surface area contributed by atoms with Gasteiger partial charge in [-0.15, -0.1) is 0 Å². The van der Waals surface area contributed by atoms with Crippen LogP contribution in [0.1, 0.15) is 61.8 Å². The molecule has 0 spiro atoms. The van der Waals surface area contributed by atoms with Gasteiger partial charge in [0.2, 0.25) is 0 Å². The van der Waals surface area contributed by atoms with Gasteiger partial charge >= 0.3 is 5.97 Å². The Morgan fingerprint density at radius 2 is 2.00 bits per heavy atom. The molecule has 4 aromatic rings. The van der Waals surface area contributed by atoms with E-state index in [-0.39, 0.29) is 24.1 Å². The molecule has 1 N–H and O–H groups in total. The van der Waals surface area contributed by atoms with Gasteiger partial charge in [0.1, 0.15) is 34.9 Å². The third-order valence-electron chi connectivity index (χ3n) is 7.80. The highest BCUT2D eigenvalue weighted by Gasteiger charge is 2.32. The van der Waals surface area contributed by atoms with Gasteiger partial charge in [-0.25, -0.2) is 4.39 Å². The Balaban J connectivity index is 1.20. The van der Waals surface area contributed by atoms with Gasteiger partial charge in [0.25, 0.3) is 0 Å². The lowest BCUT2D eigenvalue weighted by Crippen LogP contribution is -2.21. The summed E-state index contributed by atoms with van der Waals surface area (Å²) in [5.74, 6) is 1.80. The second-order valence-corrected chi connectivity index (χ2v) is 11.3. The number of benzene rings is 3. The largest absolute Gasteiger partial charge is 0.492 e. The number of rotatable bonds is 9. The van der Waals surface area contributed by atoms with Crippen molar-refractivity contribution in [3.05, 3.63) is 77.2 Å². The first-order valence-electron chi connectivity index (χ1n) is 13.9. The van der Waals surface area contributed by atoms with E-state index in [4.69, 9.17) is 18.9 Å². The number of esters is 1. The van der Waals surface area contributed by atoms with Gasteiger partial charge in [-0.3, -0.25) is 9.48 Å². The Morgan fingerprint density at radius 3 is 2.80 bits per heavy atom. The van der Waals surface area contributed by atoms with Crippen molar-refractivity contribution >= 4 is 16.9 Å². The van der Waals surface area contributed by atoms with E-state index < -0.39 is 11.7 Å². The normalized spacial score (nSPS) is 17.7. The predicted molar refractivity (Wildman–Crippen MR) is 150 cm³/mol. The zero-order valence-electron chi connectivity index (χ0n) is 23.4. The minimum Gasteiger partial charge on any atom is -0.492 e. The monoisotopic (exact) mass is 560 g/mol. The average Bonchev–Trinajstić information content (AvgIpc) is 3.66. The Kier molecular flexibility index (Phi) is 7.07. The molecule has 0 bridgehead atoms. The molecule has 2 aliphatic rings. The molecule has 214 valence electrons. The van der Waals surface area contributed by atoms with Crippen LogP contribution >= 0.6 is 0 Å². The van der Waals surface area contributed by atoms with Crippen LogP contribution in [-0.4, -0.2) is 40.2 Å². The predicted octanol–water partition coefficient (Wildman–Crippen LogP) is 6.23. The molecule has 9 heteroatoms. The van der Waals surface area contributed by atoms with Gasteiger partial charge in [0.15, 0.2) is 0 Å². The molecule has 1 aromatic heterocycles. The molecule has 6 rings (SSSR count). The Hall–Kier alpha value is -4.11. The van der Waals surface area contributed by atoms with Crippen molar-refractivity contribution in [1.82, 2.24) is 9.78 Å². The molecule has 0 amide bonds. The first-order chi connectivity index (χ1) is 19.7. The Morgan fingerprint density at radius 1 is 1.17 bits per heavy atom. The number of halogens is 1. The van der Waals surface area contributed by atoms with Crippen LogP contribution in [0.5, 0.6) is 23.0 Å². The highest BCUT2D eigenvalue weighted by molar-refractivity contribution is 5.80. The van der Waals surface area contributed by atoms with Crippen LogP contribution in [-0.2, 0) is 22.5 Å². The number of hydrogen-bond donors (Lipinski definition) is 1. The van der Waals surface area contributed by atoms with Crippen molar-refractivity contribution in [2.24, 2.45) is 0 Å². The summed E-state index contributed by atoms with van der Waals surface area (Å²) in [7, 11) is 1.38. The standard InChI is InChI=1S/C32H33FN2O6/c1-32(2,37)12-13-35-26-15-21(5-4-19(26)17-34-35)40-27-11-9-25(33)31-24(27)8-10-28(31)41-22-6-7-23-20(14-30(36)38-3)18-39-29(23)16-22/h4-7,9,11,15-17,20,28,37H,8,10,12-14,18H2,1-3H3/t20-,28-/m1/s1. The van der Waals surface area contributed by atoms with Gasteiger partial charge in [-0.05, 0) is 63.4 Å². The summed E-state index contributed by atoms with van der Waals surface area (Å²) in [6.45, 7) is 4.53. The molecule has 0 saturated heterocycles. The first-order valence-corrected chi connectivity index (χ1v) is 13.9. The molecule has 0 radical (unpaired) electrons. The number of ether oxygens (including phenoxy) is 4. The highest BCUT2D eigenvalue weighted by Crippen LogP contribution is 2.44. The van der Waals surface area contributed by atoms with Crippen LogP contribution in [0.2, 0.25) is 0 Å². The van der Waals surface area contributed by atoms with Crippen molar-refractivity contribution in [2.45, 2.75) is 63.7 Å². The smallest absolute Gasteiger partial charge is 0.306 e. The summed E-state index contributed by atoms with van der Waals surface area (Å²) in [6.07, 6.45) is 3.37. The zero-order valence-corrected chi connectivity index (χ0v) is 23.4. The Bertz CT molecular complexity index is 1610. The fourth-order valence-electron chi connectivity index (χ4n) is 5.60. The number of fused-ring (bicyclic) bond motifs is 3. The van der Waals surface area contributed by atoms with Gasteiger partial charge in [-0.1, -0.05) is 6.07 Å². The van der Waals surface area contributed by atoms with E-state index in [2.05, 4.69) is 5.10 Å². The van der Waals surface area contributed by atoms with Crippen LogP contribution < -0.4 is 14.2 Å². The molecule has 0 fully saturated rings. The lowest BCUT2D eigenvalue weighted by molar-refractivity contribution is -0.141. The topological polar surface area (TPSA) is 92.0 Å². The van der Waals surface area contributed by atoms with E-state index in [0.29, 0.717) is 61.0 Å². The number of carbonyl (C=O) groups excluding carboxylic acids is 1. The van der Waals surface area contributed by atoms with Crippen molar-refractivity contribution in [2.75, 3.05) is 13.7 Å². The van der Waals surface area contributed by atoms with Crippen molar-refractivity contribution in [3.8, 4) is 23.0 Å². The average molecular weight is 561 g/mol. The molecular weight excluding hydrogens is 527 g/mol. The molecule has 2 heterocycles. The maximum atomic E-state index is 15.2. The summed E-state index contributed by atoms with van der Waals surface area (Å²) in [5, 5.41) is 15.6. The number of carbonyl (C=O) groups is 1. The molecule has 3 aromatic carbocycles. The molecule has 1 aliphatic carbocycles. The van der Waals surface area contributed by atoms with Crippen LogP contribution in [0.4, 0.5) is 4.39 Å². The summed E-state index contributed by atoms with van der Waals surface area (Å²) in [5.41, 5.74) is 2.35. The molecule has 0 saturated carbocycles. The van der Waals surface area contributed by atoms with Crippen molar-refractivity contribution in [1.29, 1.82) is 0 Å². The lowest BCUT2D eigenvalue weighted by Gasteiger charge is -2.18. The van der Waals surface area contributed by atoms with Gasteiger partial charge in [-0.2, -0.15) is 5.10 Å². The maximum Gasteiger partial charge on any atom is 0.306 e. The molecule has 41 heavy (non-hydrogen) atoms. The van der Waals surface area contributed by atoms with Crippen LogP contribution in [0.15, 0.2) is 54.7 Å². The highest BCUT2D eigenvalue weighted by atomic mass is 19.1. The quantitative estimate of drug-likeness (QED) is 0.243. The van der Waals surface area contributed by atoms with E-state index in [1.54, 1.807) is 32.2 Å². The minimum atomic E-state index is -0.792. The summed E-state index contributed by atoms with van der Waals surface area (Å²) < 4.78 is 40.2. The van der Waals surface area contributed by atoms with Gasteiger partial charge in [0, 0.05) is 46.7 Å². The number of nitrogens with zero attached hydrogens (tertiary/aromatic N) is 2. The zero-order chi connectivity index (χ0) is 28.7. The van der Waals surface area contributed by atoms with Gasteiger partial charge < -0.3 is 24.1 Å². The summed E-state index contributed by atoms with van der Waals surface area (Å²) in [6, 6.07) is 14.4. The van der Waals surface area contributed by atoms with E-state index in [1.807, 2.05) is 35.0 Å². The van der Waals surface area contributed by atoms with E-state index in [1.165, 1.54) is 13.2 Å². The molecule has 2 atom stereocenters. The third kappa shape index (κ3) is 5.59.